The molecule has 0 aromatic heterocycles. The van der Waals surface area contributed by atoms with E-state index in [1.54, 1.807) is 48.5 Å². The molecule has 8 heteroatoms. The van der Waals surface area contributed by atoms with E-state index in [-0.39, 0.29) is 17.6 Å². The number of halogens is 1. The van der Waals surface area contributed by atoms with Crippen molar-refractivity contribution in [2.24, 2.45) is 0 Å². The molecule has 4 N–H and O–H groups in total. The van der Waals surface area contributed by atoms with Gasteiger partial charge < -0.3 is 21.3 Å². The first kappa shape index (κ1) is 24.4. The molecule has 0 radical (unpaired) electrons. The van der Waals surface area contributed by atoms with Crippen LogP contribution in [-0.4, -0.2) is 60.9 Å². The van der Waals surface area contributed by atoms with E-state index in [4.69, 9.17) is 5.73 Å². The second-order valence-corrected chi connectivity index (χ2v) is 8.60. The quantitative estimate of drug-likeness (QED) is 0.451. The van der Waals surface area contributed by atoms with E-state index in [1.165, 1.54) is 12.1 Å². The number of nitrogen functional groups attached to an aromatic ring is 1. The van der Waals surface area contributed by atoms with Gasteiger partial charge in [0.05, 0.1) is 17.9 Å². The van der Waals surface area contributed by atoms with Gasteiger partial charge in [-0.1, -0.05) is 25.1 Å². The number of nitrogens with one attached hydrogen (secondary N) is 2. The van der Waals surface area contributed by atoms with E-state index in [2.05, 4.69) is 27.4 Å². The van der Waals surface area contributed by atoms with Crippen LogP contribution in [0.2, 0.25) is 0 Å². The van der Waals surface area contributed by atoms with Crippen LogP contribution in [0.15, 0.2) is 66.7 Å². The molecular formula is C27H30FN5O2. The number of piperazine rings is 1. The molecule has 4 rings (SSSR count). The summed E-state index contributed by atoms with van der Waals surface area (Å²) < 4.78 is 13.2. The summed E-state index contributed by atoms with van der Waals surface area (Å²) in [7, 11) is 0. The van der Waals surface area contributed by atoms with Crippen LogP contribution in [0.25, 0.3) is 11.1 Å². The fraction of sp³-hybridized carbons (Fsp3) is 0.259. The van der Waals surface area contributed by atoms with E-state index in [0.29, 0.717) is 29.2 Å². The summed E-state index contributed by atoms with van der Waals surface area (Å²) in [5.74, 6) is -0.704. The van der Waals surface area contributed by atoms with Crippen molar-refractivity contribution in [2.45, 2.75) is 6.92 Å². The Bertz CT molecular complexity index is 1170. The van der Waals surface area contributed by atoms with Crippen LogP contribution in [0.5, 0.6) is 0 Å². The third-order valence-corrected chi connectivity index (χ3v) is 6.19. The highest BCUT2D eigenvalue weighted by atomic mass is 19.1. The van der Waals surface area contributed by atoms with Gasteiger partial charge in [-0.15, -0.1) is 0 Å². The third kappa shape index (κ3) is 6.44. The lowest BCUT2D eigenvalue weighted by molar-refractivity contribution is -0.117. The number of amides is 2. The molecule has 0 bridgehead atoms. The first-order chi connectivity index (χ1) is 16.9. The second-order valence-electron chi connectivity index (χ2n) is 8.60. The van der Waals surface area contributed by atoms with Gasteiger partial charge in [0.25, 0.3) is 5.91 Å². The molecule has 0 unspecified atom stereocenters. The summed E-state index contributed by atoms with van der Waals surface area (Å²) in [6.07, 6.45) is 0. The van der Waals surface area contributed by atoms with Crippen LogP contribution in [0.1, 0.15) is 17.3 Å². The highest BCUT2D eigenvalue weighted by Gasteiger charge is 2.18. The lowest BCUT2D eigenvalue weighted by Crippen LogP contribution is -2.48. The van der Waals surface area contributed by atoms with Crippen LogP contribution in [0, 0.1) is 5.82 Å². The number of likely N-dealkylation sites (N-methyl/N-ethyl adjacent to an activating group) is 1. The van der Waals surface area contributed by atoms with Crippen molar-refractivity contribution < 1.29 is 14.0 Å². The van der Waals surface area contributed by atoms with Gasteiger partial charge in [0.15, 0.2) is 0 Å². The molecule has 182 valence electrons. The number of nitrogens with zero attached hydrogens (tertiary/aromatic N) is 2. The molecule has 0 atom stereocenters. The second kappa shape index (κ2) is 11.1. The maximum atomic E-state index is 13.2. The fourth-order valence-corrected chi connectivity index (χ4v) is 4.05. The van der Waals surface area contributed by atoms with Crippen LogP contribution in [-0.2, 0) is 4.79 Å². The van der Waals surface area contributed by atoms with E-state index in [1.807, 2.05) is 6.07 Å². The van der Waals surface area contributed by atoms with Gasteiger partial charge in [-0.25, -0.2) is 4.39 Å². The van der Waals surface area contributed by atoms with Crippen LogP contribution < -0.4 is 16.4 Å². The molecular weight excluding hydrogens is 445 g/mol. The molecule has 3 aromatic rings. The monoisotopic (exact) mass is 475 g/mol. The van der Waals surface area contributed by atoms with Gasteiger partial charge in [0, 0.05) is 37.4 Å². The van der Waals surface area contributed by atoms with Crippen molar-refractivity contribution in [1.29, 1.82) is 0 Å². The molecule has 1 heterocycles. The molecule has 35 heavy (non-hydrogen) atoms. The summed E-state index contributed by atoms with van der Waals surface area (Å²) >= 11 is 0. The van der Waals surface area contributed by atoms with E-state index >= 15 is 0 Å². The molecule has 0 aliphatic carbocycles. The molecule has 7 nitrogen and oxygen atoms in total. The van der Waals surface area contributed by atoms with Crippen molar-refractivity contribution in [2.75, 3.05) is 55.6 Å². The Labute approximate surface area is 204 Å². The Balaban J connectivity index is 1.35. The maximum absolute atomic E-state index is 13.2. The summed E-state index contributed by atoms with van der Waals surface area (Å²) in [5, 5.41) is 5.73. The Kier molecular flexibility index (Phi) is 7.74. The zero-order valence-electron chi connectivity index (χ0n) is 19.8. The SMILES string of the molecule is CCN1CCN(CC(=O)Nc2ccc(C(=O)Nc3cc(-c4ccc(F)cc4)ccc3N)cc2)CC1. The number of hydrogen-bond donors (Lipinski definition) is 3. The summed E-state index contributed by atoms with van der Waals surface area (Å²) in [4.78, 5) is 29.7. The number of hydrogen-bond acceptors (Lipinski definition) is 5. The largest absolute Gasteiger partial charge is 0.397 e. The van der Waals surface area contributed by atoms with Gasteiger partial charge >= 0.3 is 0 Å². The Morgan fingerprint density at radius 2 is 1.49 bits per heavy atom. The minimum atomic E-state index is -0.320. The van der Waals surface area contributed by atoms with Gasteiger partial charge in [0.2, 0.25) is 5.91 Å². The van der Waals surface area contributed by atoms with Gasteiger partial charge in [0.1, 0.15) is 5.82 Å². The summed E-state index contributed by atoms with van der Waals surface area (Å²) in [5.41, 5.74) is 9.65. The maximum Gasteiger partial charge on any atom is 0.255 e. The zero-order chi connectivity index (χ0) is 24.8. The average molecular weight is 476 g/mol. The van der Waals surface area contributed by atoms with Crippen molar-refractivity contribution in [3.8, 4) is 11.1 Å². The minimum absolute atomic E-state index is 0.0717. The summed E-state index contributed by atoms with van der Waals surface area (Å²) in [6.45, 7) is 7.25. The number of carbonyl (C=O) groups is 2. The van der Waals surface area contributed by atoms with Crippen LogP contribution in [0.3, 0.4) is 0 Å². The molecule has 1 fully saturated rings. The first-order valence-corrected chi connectivity index (χ1v) is 11.7. The van der Waals surface area contributed by atoms with Crippen molar-refractivity contribution >= 4 is 28.9 Å². The zero-order valence-corrected chi connectivity index (χ0v) is 19.8. The van der Waals surface area contributed by atoms with Crippen molar-refractivity contribution in [1.82, 2.24) is 9.80 Å². The molecule has 1 aliphatic rings. The van der Waals surface area contributed by atoms with Gasteiger partial charge in [-0.3, -0.25) is 14.5 Å². The highest BCUT2D eigenvalue weighted by molar-refractivity contribution is 6.06. The fourth-order valence-electron chi connectivity index (χ4n) is 4.05. The smallest absolute Gasteiger partial charge is 0.255 e. The van der Waals surface area contributed by atoms with Crippen LogP contribution in [0.4, 0.5) is 21.5 Å². The van der Waals surface area contributed by atoms with Crippen molar-refractivity contribution in [3.63, 3.8) is 0 Å². The Morgan fingerprint density at radius 3 is 2.14 bits per heavy atom. The molecule has 2 amide bonds. The number of rotatable bonds is 7. The number of anilines is 3. The van der Waals surface area contributed by atoms with Gasteiger partial charge in [-0.2, -0.15) is 0 Å². The van der Waals surface area contributed by atoms with E-state index in [9.17, 15) is 14.0 Å². The normalized spacial score (nSPS) is 14.5. The summed E-state index contributed by atoms with van der Waals surface area (Å²) in [6, 6.07) is 18.1. The van der Waals surface area contributed by atoms with Crippen LogP contribution >= 0.6 is 0 Å². The molecule has 0 spiro atoms. The predicted molar refractivity (Wildman–Crippen MR) is 138 cm³/mol. The number of nitrogens with two attached hydrogens (primary N) is 1. The predicted octanol–water partition coefficient (Wildman–Crippen LogP) is 3.90. The topological polar surface area (TPSA) is 90.7 Å². The Hall–Kier alpha value is -3.75. The molecule has 0 saturated carbocycles. The van der Waals surface area contributed by atoms with E-state index < -0.39 is 0 Å². The minimum Gasteiger partial charge on any atom is -0.397 e. The molecule has 3 aromatic carbocycles. The lowest BCUT2D eigenvalue weighted by atomic mass is 10.0. The standard InChI is InChI=1S/C27H30FN5O2/c1-2-32-13-15-33(16-14-32)18-26(34)30-23-10-5-20(6-11-23)27(35)31-25-17-21(7-12-24(25)29)19-3-8-22(28)9-4-19/h3-12,17H,2,13-16,18,29H2,1H3,(H,30,34)(H,31,35). The van der Waals surface area contributed by atoms with Gasteiger partial charge in [-0.05, 0) is 66.2 Å². The average Bonchev–Trinajstić information content (AvgIpc) is 2.86. The number of carbonyl (C=O) groups excluding carboxylic acids is 2. The van der Waals surface area contributed by atoms with E-state index in [0.717, 1.165) is 43.9 Å². The highest BCUT2D eigenvalue weighted by Crippen LogP contribution is 2.28. The van der Waals surface area contributed by atoms with Crippen molar-refractivity contribution in [3.05, 3.63) is 78.1 Å². The lowest BCUT2D eigenvalue weighted by Gasteiger charge is -2.33. The third-order valence-electron chi connectivity index (χ3n) is 6.19. The first-order valence-electron chi connectivity index (χ1n) is 11.7. The molecule has 1 saturated heterocycles. The number of benzene rings is 3. The molecule has 1 aliphatic heterocycles. The Morgan fingerprint density at radius 1 is 0.857 bits per heavy atom.